The normalized spacial score (nSPS) is 11.8. The zero-order chi connectivity index (χ0) is 14.8. The van der Waals surface area contributed by atoms with E-state index in [0.29, 0.717) is 11.4 Å². The number of hydrogen-bond acceptors (Lipinski definition) is 3. The monoisotopic (exact) mass is 284 g/mol. The van der Waals surface area contributed by atoms with Gasteiger partial charge in [0.05, 0.1) is 6.61 Å². The number of hydrogen-bond donors (Lipinski definition) is 1. The first-order valence-corrected chi connectivity index (χ1v) is 6.21. The van der Waals surface area contributed by atoms with Gasteiger partial charge in [0.2, 0.25) is 0 Å². The minimum absolute atomic E-state index is 0.0138. The van der Waals surface area contributed by atoms with Crippen molar-refractivity contribution in [3.8, 4) is 5.75 Å². The van der Waals surface area contributed by atoms with Crippen molar-refractivity contribution in [2.45, 2.75) is 25.9 Å². The highest BCUT2D eigenvalue weighted by atomic mass is 19.4. The summed E-state index contributed by atoms with van der Waals surface area (Å²) in [7, 11) is 0. The van der Waals surface area contributed by atoms with Gasteiger partial charge in [0.1, 0.15) is 5.75 Å². The van der Waals surface area contributed by atoms with Crippen molar-refractivity contribution in [3.05, 3.63) is 30.1 Å². The quantitative estimate of drug-likeness (QED) is 0.685. The van der Waals surface area contributed by atoms with Gasteiger partial charge < -0.3 is 10.5 Å². The second-order valence-electron chi connectivity index (χ2n) is 4.59. The molecule has 2 rings (SSSR count). The molecular weight excluding hydrogens is 269 g/mol. The Morgan fingerprint density at radius 2 is 2.00 bits per heavy atom. The number of pyridine rings is 1. The molecule has 0 unspecified atom stereocenters. The summed E-state index contributed by atoms with van der Waals surface area (Å²) in [6, 6.07) is 5.15. The molecule has 1 aromatic carbocycles. The van der Waals surface area contributed by atoms with E-state index in [2.05, 4.69) is 4.98 Å². The summed E-state index contributed by atoms with van der Waals surface area (Å²) in [6.07, 6.45) is -3.42. The fourth-order valence-corrected chi connectivity index (χ4v) is 1.92. The molecule has 0 aliphatic rings. The fraction of sp³-hybridized carbons (Fsp3) is 0.357. The van der Waals surface area contributed by atoms with Crippen LogP contribution in [0.1, 0.15) is 18.5 Å². The standard InChI is InChI=1S/C14H15F3N2O/c1-9-7-10-11(8-19-9)12(18)3-4-13(10)20-6-2-5-14(15,16)17/h3-4,7-8H,2,5-6,18H2,1H3. The predicted molar refractivity (Wildman–Crippen MR) is 71.7 cm³/mol. The van der Waals surface area contributed by atoms with Gasteiger partial charge in [0.15, 0.2) is 0 Å². The number of nitrogen functional groups attached to an aromatic ring is 1. The molecule has 1 aromatic heterocycles. The lowest BCUT2D eigenvalue weighted by Gasteiger charge is -2.12. The first-order valence-electron chi connectivity index (χ1n) is 6.21. The molecule has 0 aliphatic heterocycles. The second-order valence-corrected chi connectivity index (χ2v) is 4.59. The van der Waals surface area contributed by atoms with E-state index >= 15 is 0 Å². The maximum atomic E-state index is 12.1. The van der Waals surface area contributed by atoms with E-state index < -0.39 is 12.6 Å². The van der Waals surface area contributed by atoms with E-state index in [1.54, 1.807) is 18.3 Å². The van der Waals surface area contributed by atoms with Crippen LogP contribution in [0.2, 0.25) is 0 Å². The average Bonchev–Trinajstić information content (AvgIpc) is 2.35. The third-order valence-electron chi connectivity index (χ3n) is 2.89. The van der Waals surface area contributed by atoms with E-state index in [0.717, 1.165) is 16.5 Å². The molecule has 0 atom stereocenters. The molecule has 6 heteroatoms. The summed E-state index contributed by atoms with van der Waals surface area (Å²) in [6.45, 7) is 1.84. The van der Waals surface area contributed by atoms with Crippen LogP contribution >= 0.6 is 0 Å². The molecule has 0 fully saturated rings. The number of nitrogens with two attached hydrogens (primary N) is 1. The van der Waals surface area contributed by atoms with Gasteiger partial charge >= 0.3 is 6.18 Å². The van der Waals surface area contributed by atoms with Crippen LogP contribution in [0.25, 0.3) is 10.8 Å². The van der Waals surface area contributed by atoms with Crippen LogP contribution in [-0.2, 0) is 0 Å². The number of aryl methyl sites for hydroxylation is 1. The Balaban J connectivity index is 2.14. The molecule has 0 bridgehead atoms. The van der Waals surface area contributed by atoms with Crippen LogP contribution in [0, 0.1) is 6.92 Å². The van der Waals surface area contributed by atoms with Crippen LogP contribution in [0.3, 0.4) is 0 Å². The summed E-state index contributed by atoms with van der Waals surface area (Å²) in [5, 5.41) is 1.51. The van der Waals surface area contributed by atoms with Gasteiger partial charge in [0.25, 0.3) is 0 Å². The highest BCUT2D eigenvalue weighted by molar-refractivity contribution is 5.96. The summed E-state index contributed by atoms with van der Waals surface area (Å²) in [4.78, 5) is 4.15. The Bertz CT molecular complexity index is 611. The summed E-state index contributed by atoms with van der Waals surface area (Å²) < 4.78 is 41.6. The maximum Gasteiger partial charge on any atom is 0.389 e. The molecular formula is C14H15F3N2O. The van der Waals surface area contributed by atoms with Gasteiger partial charge in [-0.2, -0.15) is 13.2 Å². The van der Waals surface area contributed by atoms with E-state index in [4.69, 9.17) is 10.5 Å². The van der Waals surface area contributed by atoms with Gasteiger partial charge in [-0.3, -0.25) is 4.98 Å². The first kappa shape index (κ1) is 14.4. The zero-order valence-electron chi connectivity index (χ0n) is 11.0. The number of anilines is 1. The fourth-order valence-electron chi connectivity index (χ4n) is 1.92. The number of benzene rings is 1. The Hall–Kier alpha value is -1.98. The molecule has 0 spiro atoms. The van der Waals surface area contributed by atoms with Gasteiger partial charge in [0, 0.05) is 34.8 Å². The number of rotatable bonds is 4. The van der Waals surface area contributed by atoms with Crippen molar-refractivity contribution >= 4 is 16.5 Å². The average molecular weight is 284 g/mol. The van der Waals surface area contributed by atoms with Crippen molar-refractivity contribution in [1.29, 1.82) is 0 Å². The second kappa shape index (κ2) is 5.56. The molecule has 0 saturated heterocycles. The van der Waals surface area contributed by atoms with E-state index in [1.807, 2.05) is 13.0 Å². The lowest BCUT2D eigenvalue weighted by atomic mass is 10.1. The third-order valence-corrected chi connectivity index (χ3v) is 2.89. The molecule has 0 radical (unpaired) electrons. The predicted octanol–water partition coefficient (Wildman–Crippen LogP) is 3.85. The van der Waals surface area contributed by atoms with Gasteiger partial charge in [-0.05, 0) is 31.5 Å². The minimum Gasteiger partial charge on any atom is -0.493 e. The number of fused-ring (bicyclic) bond motifs is 1. The van der Waals surface area contributed by atoms with Crippen LogP contribution in [-0.4, -0.2) is 17.8 Å². The largest absolute Gasteiger partial charge is 0.493 e. The molecule has 0 amide bonds. The Morgan fingerprint density at radius 3 is 2.70 bits per heavy atom. The SMILES string of the molecule is Cc1cc2c(OCCCC(F)(F)F)ccc(N)c2cn1. The molecule has 0 aliphatic carbocycles. The molecule has 20 heavy (non-hydrogen) atoms. The van der Waals surface area contributed by atoms with Crippen LogP contribution in [0.5, 0.6) is 5.75 Å². The molecule has 3 nitrogen and oxygen atoms in total. The molecule has 108 valence electrons. The van der Waals surface area contributed by atoms with E-state index in [9.17, 15) is 13.2 Å². The van der Waals surface area contributed by atoms with Crippen molar-refractivity contribution in [1.82, 2.24) is 4.98 Å². The summed E-state index contributed by atoms with van der Waals surface area (Å²) in [5.74, 6) is 0.530. The van der Waals surface area contributed by atoms with Crippen molar-refractivity contribution in [2.75, 3.05) is 12.3 Å². The van der Waals surface area contributed by atoms with Crippen LogP contribution in [0.15, 0.2) is 24.4 Å². The maximum absolute atomic E-state index is 12.1. The smallest absolute Gasteiger partial charge is 0.389 e. The van der Waals surface area contributed by atoms with Crippen molar-refractivity contribution in [2.24, 2.45) is 0 Å². The minimum atomic E-state index is -4.15. The third kappa shape index (κ3) is 3.53. The van der Waals surface area contributed by atoms with Gasteiger partial charge in [-0.15, -0.1) is 0 Å². The highest BCUT2D eigenvalue weighted by Crippen LogP contribution is 2.30. The van der Waals surface area contributed by atoms with Crippen molar-refractivity contribution < 1.29 is 17.9 Å². The number of aromatic nitrogens is 1. The van der Waals surface area contributed by atoms with Gasteiger partial charge in [-0.1, -0.05) is 0 Å². The summed E-state index contributed by atoms with van der Waals surface area (Å²) in [5.41, 5.74) is 7.20. The van der Waals surface area contributed by atoms with Crippen LogP contribution < -0.4 is 10.5 Å². The number of ether oxygens (including phenoxy) is 1. The topological polar surface area (TPSA) is 48.1 Å². The first-order chi connectivity index (χ1) is 9.37. The molecule has 2 N–H and O–H groups in total. The van der Waals surface area contributed by atoms with E-state index in [-0.39, 0.29) is 13.0 Å². The summed E-state index contributed by atoms with van der Waals surface area (Å²) >= 11 is 0. The highest BCUT2D eigenvalue weighted by Gasteiger charge is 2.26. The number of alkyl halides is 3. The molecule has 2 aromatic rings. The Labute approximate surface area is 114 Å². The van der Waals surface area contributed by atoms with Gasteiger partial charge in [-0.25, -0.2) is 0 Å². The lowest BCUT2D eigenvalue weighted by molar-refractivity contribution is -0.136. The number of halogens is 3. The molecule has 1 heterocycles. The zero-order valence-corrected chi connectivity index (χ0v) is 11.0. The van der Waals surface area contributed by atoms with E-state index in [1.165, 1.54) is 0 Å². The Kier molecular flexibility index (Phi) is 4.01. The van der Waals surface area contributed by atoms with Crippen LogP contribution in [0.4, 0.5) is 18.9 Å². The van der Waals surface area contributed by atoms with Crippen molar-refractivity contribution in [3.63, 3.8) is 0 Å². The lowest BCUT2D eigenvalue weighted by Crippen LogP contribution is -2.09. The Morgan fingerprint density at radius 1 is 1.25 bits per heavy atom. The number of nitrogens with zero attached hydrogens (tertiary/aromatic N) is 1. The molecule has 0 saturated carbocycles.